The molecule has 0 N–H and O–H groups in total. The lowest BCUT2D eigenvalue weighted by Crippen LogP contribution is -2.34. The molecular weight excluding hydrogens is 259 g/mol. The Hall–Kier alpha value is -1.79. The number of aromatic nitrogens is 1. The first-order chi connectivity index (χ1) is 8.73. The molecule has 0 saturated carbocycles. The van der Waals surface area contributed by atoms with Gasteiger partial charge in [-0.3, -0.25) is 4.90 Å². The number of carbonyl (C=O) groups excluding carboxylic acids is 1. The number of rotatable bonds is 1. The molecule has 1 unspecified atom stereocenters. The number of nitrogens with zero attached hydrogens (tertiary/aromatic N) is 3. The lowest BCUT2D eigenvalue weighted by atomic mass is 10.1. The molecule has 0 bridgehead atoms. The van der Waals surface area contributed by atoms with Crippen LogP contribution in [0.2, 0.25) is 0 Å². The summed E-state index contributed by atoms with van der Waals surface area (Å²) in [6.45, 7) is 3.63. The van der Waals surface area contributed by atoms with Gasteiger partial charge in [-0.05, 0) is 26.0 Å². The van der Waals surface area contributed by atoms with Crippen molar-refractivity contribution in [2.75, 3.05) is 11.9 Å². The van der Waals surface area contributed by atoms with Crippen molar-refractivity contribution in [3.8, 4) is 0 Å². The predicted octanol–water partition coefficient (Wildman–Crippen LogP) is 2.75. The molecule has 0 aliphatic carbocycles. The molecule has 7 heteroatoms. The van der Waals surface area contributed by atoms with E-state index in [1.807, 2.05) is 6.92 Å². The second kappa shape index (κ2) is 4.40. The molecule has 1 saturated heterocycles. The molecule has 1 aromatic heterocycles. The van der Waals surface area contributed by atoms with Gasteiger partial charge in [-0.1, -0.05) is 0 Å². The lowest BCUT2D eigenvalue weighted by molar-refractivity contribution is -0.137. The predicted molar refractivity (Wildman–Crippen MR) is 63.8 cm³/mol. The number of anilines is 1. The van der Waals surface area contributed by atoms with Crippen LogP contribution in [0.25, 0.3) is 0 Å². The zero-order chi connectivity index (χ0) is 14.4. The highest BCUT2D eigenvalue weighted by Crippen LogP contribution is 2.33. The third-order valence-corrected chi connectivity index (χ3v) is 3.54. The van der Waals surface area contributed by atoms with Gasteiger partial charge in [0.1, 0.15) is 5.82 Å². The van der Waals surface area contributed by atoms with Crippen molar-refractivity contribution in [3.05, 3.63) is 23.9 Å². The summed E-state index contributed by atoms with van der Waals surface area (Å²) in [6.07, 6.45) is -3.37. The molecule has 2 atom stereocenters. The normalized spacial score (nSPS) is 24.2. The van der Waals surface area contributed by atoms with E-state index in [9.17, 15) is 18.0 Å². The molecule has 0 radical (unpaired) electrons. The Kier molecular flexibility index (Phi) is 3.15. The second-order valence-electron chi connectivity index (χ2n) is 4.65. The minimum absolute atomic E-state index is 0.0310. The van der Waals surface area contributed by atoms with Crippen LogP contribution in [0.1, 0.15) is 19.4 Å². The van der Waals surface area contributed by atoms with Crippen molar-refractivity contribution in [1.82, 2.24) is 9.88 Å². The van der Waals surface area contributed by atoms with E-state index >= 15 is 0 Å². The Morgan fingerprint density at radius 3 is 2.37 bits per heavy atom. The van der Waals surface area contributed by atoms with Crippen LogP contribution >= 0.6 is 0 Å². The quantitative estimate of drug-likeness (QED) is 0.789. The van der Waals surface area contributed by atoms with Crippen LogP contribution in [0, 0.1) is 0 Å². The van der Waals surface area contributed by atoms with Crippen molar-refractivity contribution < 1.29 is 18.0 Å². The fraction of sp³-hybridized carbons (Fsp3) is 0.500. The van der Waals surface area contributed by atoms with E-state index in [0.717, 1.165) is 18.3 Å². The molecule has 0 aromatic carbocycles. The highest BCUT2D eigenvalue weighted by Gasteiger charge is 2.41. The summed E-state index contributed by atoms with van der Waals surface area (Å²) in [5, 5.41) is 0. The molecule has 4 nitrogen and oxygen atoms in total. The van der Waals surface area contributed by atoms with Gasteiger partial charge in [-0.2, -0.15) is 13.2 Å². The third-order valence-electron chi connectivity index (χ3n) is 3.54. The Morgan fingerprint density at radius 1 is 1.26 bits per heavy atom. The van der Waals surface area contributed by atoms with Gasteiger partial charge in [0.15, 0.2) is 0 Å². The molecule has 104 valence electrons. The highest BCUT2D eigenvalue weighted by atomic mass is 19.4. The molecule has 1 aromatic rings. The van der Waals surface area contributed by atoms with E-state index in [0.29, 0.717) is 0 Å². The summed E-state index contributed by atoms with van der Waals surface area (Å²) < 4.78 is 38.0. The number of carbonyl (C=O) groups is 1. The van der Waals surface area contributed by atoms with Crippen LogP contribution in [-0.2, 0) is 6.18 Å². The van der Waals surface area contributed by atoms with Crippen LogP contribution in [0.15, 0.2) is 18.3 Å². The smallest absolute Gasteiger partial charge is 0.323 e. The fourth-order valence-electron chi connectivity index (χ4n) is 2.09. The summed E-state index contributed by atoms with van der Waals surface area (Å²) >= 11 is 0. The third kappa shape index (κ3) is 2.24. The maximum atomic E-state index is 12.7. The summed E-state index contributed by atoms with van der Waals surface area (Å²) in [4.78, 5) is 18.7. The average molecular weight is 273 g/mol. The number of hydrogen-bond donors (Lipinski definition) is 0. The maximum Gasteiger partial charge on any atom is 0.416 e. The van der Waals surface area contributed by atoms with Gasteiger partial charge in [0.2, 0.25) is 0 Å². The van der Waals surface area contributed by atoms with E-state index in [1.54, 1.807) is 14.0 Å². The lowest BCUT2D eigenvalue weighted by Gasteiger charge is -2.21. The van der Waals surface area contributed by atoms with E-state index in [-0.39, 0.29) is 23.9 Å². The molecule has 1 fully saturated rings. The topological polar surface area (TPSA) is 36.4 Å². The number of halogens is 3. The minimum atomic E-state index is -4.44. The van der Waals surface area contributed by atoms with Gasteiger partial charge in [0.25, 0.3) is 0 Å². The maximum absolute atomic E-state index is 12.7. The van der Waals surface area contributed by atoms with Crippen molar-refractivity contribution in [3.63, 3.8) is 0 Å². The first-order valence-electron chi connectivity index (χ1n) is 5.82. The van der Waals surface area contributed by atoms with E-state index < -0.39 is 11.7 Å². The summed E-state index contributed by atoms with van der Waals surface area (Å²) in [5.41, 5.74) is -0.806. The first-order valence-corrected chi connectivity index (χ1v) is 5.82. The van der Waals surface area contributed by atoms with Crippen LogP contribution in [-0.4, -0.2) is 35.0 Å². The van der Waals surface area contributed by atoms with Gasteiger partial charge in [0.05, 0.1) is 17.6 Å². The molecule has 2 amide bonds. The van der Waals surface area contributed by atoms with Gasteiger partial charge in [-0.25, -0.2) is 9.78 Å². The van der Waals surface area contributed by atoms with Crippen molar-refractivity contribution in [1.29, 1.82) is 0 Å². The number of amides is 2. The molecule has 2 heterocycles. The Morgan fingerprint density at radius 2 is 1.89 bits per heavy atom. The molecule has 1 aliphatic rings. The van der Waals surface area contributed by atoms with E-state index in [1.165, 1.54) is 9.80 Å². The van der Waals surface area contributed by atoms with Gasteiger partial charge in [0, 0.05) is 13.2 Å². The van der Waals surface area contributed by atoms with E-state index in [4.69, 9.17) is 0 Å². The van der Waals surface area contributed by atoms with Crippen LogP contribution in [0.4, 0.5) is 23.8 Å². The number of pyridine rings is 1. The Bertz CT molecular complexity index is 503. The number of alkyl halides is 3. The van der Waals surface area contributed by atoms with Crippen LogP contribution in [0.3, 0.4) is 0 Å². The number of urea groups is 1. The SMILES string of the molecule is CC1[C@@H](C)N(C)C(=O)N1c1cc(C(F)(F)F)ccn1. The average Bonchev–Trinajstić information content (AvgIpc) is 2.53. The fourth-order valence-corrected chi connectivity index (χ4v) is 2.09. The molecule has 1 aliphatic heterocycles. The number of likely N-dealkylation sites (N-methyl/N-ethyl adjacent to an activating group) is 1. The van der Waals surface area contributed by atoms with Gasteiger partial charge >= 0.3 is 12.2 Å². The zero-order valence-electron chi connectivity index (χ0n) is 10.8. The highest BCUT2D eigenvalue weighted by molar-refractivity contribution is 5.94. The molecule has 0 spiro atoms. The molecule has 19 heavy (non-hydrogen) atoms. The second-order valence-corrected chi connectivity index (χ2v) is 4.65. The monoisotopic (exact) mass is 273 g/mol. The zero-order valence-corrected chi connectivity index (χ0v) is 10.8. The summed E-state index contributed by atoms with van der Waals surface area (Å²) in [6, 6.07) is 1.14. The largest absolute Gasteiger partial charge is 0.416 e. The van der Waals surface area contributed by atoms with Crippen LogP contribution < -0.4 is 4.90 Å². The Labute approximate surface area is 108 Å². The standard InChI is InChI=1S/C12H14F3N3O/c1-7-8(2)18(11(19)17(7)3)10-6-9(4-5-16-10)12(13,14)15/h4-8H,1-3H3/t7-,8?/m1/s1. The minimum Gasteiger partial charge on any atom is -0.323 e. The van der Waals surface area contributed by atoms with Gasteiger partial charge < -0.3 is 4.90 Å². The van der Waals surface area contributed by atoms with Gasteiger partial charge in [-0.15, -0.1) is 0 Å². The van der Waals surface area contributed by atoms with Crippen LogP contribution in [0.5, 0.6) is 0 Å². The molecule has 2 rings (SSSR count). The first kappa shape index (κ1) is 13.6. The number of hydrogen-bond acceptors (Lipinski definition) is 2. The Balaban J connectivity index is 2.40. The summed E-state index contributed by atoms with van der Waals surface area (Å²) in [7, 11) is 1.62. The van der Waals surface area contributed by atoms with Crippen molar-refractivity contribution in [2.24, 2.45) is 0 Å². The molecular formula is C12H14F3N3O. The van der Waals surface area contributed by atoms with Crippen molar-refractivity contribution >= 4 is 11.8 Å². The summed E-state index contributed by atoms with van der Waals surface area (Å²) in [5.74, 6) is 0.0310. The van der Waals surface area contributed by atoms with Crippen molar-refractivity contribution in [2.45, 2.75) is 32.1 Å². The van der Waals surface area contributed by atoms with E-state index in [2.05, 4.69) is 4.98 Å².